The van der Waals surface area contributed by atoms with E-state index in [9.17, 15) is 4.79 Å². The largest absolute Gasteiger partial charge is 0.465 e. The van der Waals surface area contributed by atoms with Crippen LogP contribution in [0.15, 0.2) is 35.2 Å². The molecule has 5 heteroatoms. The number of carbonyl (C=O) groups excluding carboxylic acids is 1. The summed E-state index contributed by atoms with van der Waals surface area (Å²) in [5.41, 5.74) is 1.64. The van der Waals surface area contributed by atoms with Gasteiger partial charge in [-0.15, -0.1) is 0 Å². The lowest BCUT2D eigenvalue weighted by Crippen LogP contribution is -2.17. The summed E-state index contributed by atoms with van der Waals surface area (Å²) < 4.78 is 9.57. The molecule has 0 radical (unpaired) electrons. The Hall–Kier alpha value is -1.88. The molecule has 0 fully saturated rings. The first kappa shape index (κ1) is 12.2. The number of rotatable bonds is 4. The average Bonchev–Trinajstić information content (AvgIpc) is 2.31. The molecule has 0 aromatic heterocycles. The highest BCUT2D eigenvalue weighted by atomic mass is 16.5. The smallest absolute Gasteiger partial charge is 0.341 e. The van der Waals surface area contributed by atoms with Crippen molar-refractivity contribution in [2.75, 3.05) is 20.8 Å². The number of esters is 1. The zero-order chi connectivity index (χ0) is 12.0. The second kappa shape index (κ2) is 5.87. The van der Waals surface area contributed by atoms with Crippen LogP contribution < -0.4 is 5.32 Å². The molecule has 1 aliphatic heterocycles. The summed E-state index contributed by atoms with van der Waals surface area (Å²) in [6.45, 7) is 0.453. The van der Waals surface area contributed by atoms with Crippen LogP contribution >= 0.6 is 0 Å². The second-order valence-corrected chi connectivity index (χ2v) is 3.09. The lowest BCUT2D eigenvalue weighted by Gasteiger charge is -2.13. The Kier molecular flexibility index (Phi) is 4.47. The monoisotopic (exact) mass is 222 g/mol. The van der Waals surface area contributed by atoms with Crippen LogP contribution in [0, 0.1) is 5.41 Å². The maximum absolute atomic E-state index is 11.4. The quantitative estimate of drug-likeness (QED) is 0.418. The van der Waals surface area contributed by atoms with Crippen LogP contribution in [0.5, 0.6) is 0 Å². The van der Waals surface area contributed by atoms with Crippen LogP contribution in [0.4, 0.5) is 0 Å². The number of ether oxygens (including phenoxy) is 2. The van der Waals surface area contributed by atoms with E-state index in [-0.39, 0.29) is 5.57 Å². The molecule has 1 heterocycles. The Labute approximate surface area is 93.9 Å². The van der Waals surface area contributed by atoms with Crippen LogP contribution in [0.1, 0.15) is 0 Å². The third-order valence-electron chi connectivity index (χ3n) is 2.02. The SMILES string of the molecule is COCC1=C/C(=C(/C=N)C(=O)OC)NC=C1. The highest BCUT2D eigenvalue weighted by Crippen LogP contribution is 2.12. The number of nitrogens with one attached hydrogen (secondary N) is 2. The van der Waals surface area contributed by atoms with Crippen molar-refractivity contribution in [2.45, 2.75) is 0 Å². The maximum atomic E-state index is 11.4. The zero-order valence-corrected chi connectivity index (χ0v) is 9.24. The molecule has 0 spiro atoms. The minimum Gasteiger partial charge on any atom is -0.465 e. The molecule has 1 aliphatic rings. The highest BCUT2D eigenvalue weighted by Gasteiger charge is 2.13. The third kappa shape index (κ3) is 2.80. The normalized spacial score (nSPS) is 17.2. The number of hydrogen-bond donors (Lipinski definition) is 2. The first-order chi connectivity index (χ1) is 7.72. The minimum atomic E-state index is -0.541. The van der Waals surface area contributed by atoms with Crippen molar-refractivity contribution >= 4 is 12.2 Å². The maximum Gasteiger partial charge on any atom is 0.341 e. The Morgan fingerprint density at radius 2 is 2.31 bits per heavy atom. The average molecular weight is 222 g/mol. The van der Waals surface area contributed by atoms with Crippen molar-refractivity contribution < 1.29 is 14.3 Å². The summed E-state index contributed by atoms with van der Waals surface area (Å²) in [7, 11) is 2.88. The lowest BCUT2D eigenvalue weighted by molar-refractivity contribution is -0.135. The highest BCUT2D eigenvalue weighted by molar-refractivity contribution is 6.09. The first-order valence-electron chi connectivity index (χ1n) is 4.68. The molecule has 1 rings (SSSR count). The molecule has 0 atom stereocenters. The minimum absolute atomic E-state index is 0.181. The Morgan fingerprint density at radius 1 is 1.56 bits per heavy atom. The molecule has 86 valence electrons. The van der Waals surface area contributed by atoms with E-state index >= 15 is 0 Å². The number of allylic oxidation sites excluding steroid dienone is 1. The molecule has 0 saturated heterocycles. The van der Waals surface area contributed by atoms with E-state index in [2.05, 4.69) is 10.1 Å². The van der Waals surface area contributed by atoms with Crippen molar-refractivity contribution in [3.8, 4) is 0 Å². The third-order valence-corrected chi connectivity index (χ3v) is 2.02. The van der Waals surface area contributed by atoms with E-state index in [0.717, 1.165) is 11.8 Å². The van der Waals surface area contributed by atoms with Crippen LogP contribution in [0.2, 0.25) is 0 Å². The fourth-order valence-corrected chi connectivity index (χ4v) is 1.28. The summed E-state index contributed by atoms with van der Waals surface area (Å²) in [6, 6.07) is 0. The van der Waals surface area contributed by atoms with Gasteiger partial charge in [0, 0.05) is 19.5 Å². The number of carbonyl (C=O) groups is 1. The van der Waals surface area contributed by atoms with E-state index < -0.39 is 5.97 Å². The van der Waals surface area contributed by atoms with Gasteiger partial charge in [-0.1, -0.05) is 0 Å². The molecule has 0 aromatic carbocycles. The molecular weight excluding hydrogens is 208 g/mol. The molecule has 16 heavy (non-hydrogen) atoms. The summed E-state index contributed by atoms with van der Waals surface area (Å²) in [6.07, 6.45) is 6.25. The van der Waals surface area contributed by atoms with Crippen molar-refractivity contribution in [1.29, 1.82) is 5.41 Å². The summed E-state index contributed by atoms with van der Waals surface area (Å²) in [4.78, 5) is 11.4. The topological polar surface area (TPSA) is 71.4 Å². The van der Waals surface area contributed by atoms with E-state index in [1.807, 2.05) is 6.08 Å². The van der Waals surface area contributed by atoms with Gasteiger partial charge in [0.2, 0.25) is 0 Å². The molecule has 2 N–H and O–H groups in total. The van der Waals surface area contributed by atoms with Crippen molar-refractivity contribution in [3.05, 3.63) is 35.2 Å². The fraction of sp³-hybridized carbons (Fsp3) is 0.273. The lowest BCUT2D eigenvalue weighted by atomic mass is 10.1. The predicted molar refractivity (Wildman–Crippen MR) is 60.1 cm³/mol. The van der Waals surface area contributed by atoms with E-state index in [1.165, 1.54) is 7.11 Å². The molecule has 0 saturated carbocycles. The molecule has 0 amide bonds. The van der Waals surface area contributed by atoms with Gasteiger partial charge >= 0.3 is 5.97 Å². The van der Waals surface area contributed by atoms with Crippen molar-refractivity contribution in [3.63, 3.8) is 0 Å². The van der Waals surface area contributed by atoms with Crippen LogP contribution in [0.3, 0.4) is 0 Å². The van der Waals surface area contributed by atoms with Gasteiger partial charge in [0.05, 0.1) is 19.4 Å². The van der Waals surface area contributed by atoms with Gasteiger partial charge in [0.1, 0.15) is 5.57 Å². The van der Waals surface area contributed by atoms with E-state index in [1.54, 1.807) is 19.4 Å². The molecule has 0 aromatic rings. The van der Waals surface area contributed by atoms with Crippen molar-refractivity contribution in [2.24, 2.45) is 0 Å². The molecule has 0 bridgehead atoms. The van der Waals surface area contributed by atoms with Gasteiger partial charge in [0.25, 0.3) is 0 Å². The number of dihydropyridines is 1. The second-order valence-electron chi connectivity index (χ2n) is 3.09. The van der Waals surface area contributed by atoms with E-state index in [4.69, 9.17) is 10.1 Å². The molecular formula is C11H14N2O3. The zero-order valence-electron chi connectivity index (χ0n) is 9.24. The van der Waals surface area contributed by atoms with Gasteiger partial charge in [-0.25, -0.2) is 4.79 Å². The Morgan fingerprint density at radius 3 is 2.88 bits per heavy atom. The van der Waals surface area contributed by atoms with Gasteiger partial charge in [-0.2, -0.15) is 0 Å². The Bertz CT molecular complexity index is 381. The van der Waals surface area contributed by atoms with E-state index in [0.29, 0.717) is 12.3 Å². The molecule has 0 unspecified atom stereocenters. The van der Waals surface area contributed by atoms with Gasteiger partial charge in [-0.05, 0) is 17.7 Å². The van der Waals surface area contributed by atoms with Crippen molar-refractivity contribution in [1.82, 2.24) is 5.32 Å². The van der Waals surface area contributed by atoms with Gasteiger partial charge in [0.15, 0.2) is 0 Å². The van der Waals surface area contributed by atoms with Gasteiger partial charge < -0.3 is 20.2 Å². The fourth-order valence-electron chi connectivity index (χ4n) is 1.28. The number of methoxy groups -OCH3 is 2. The predicted octanol–water partition coefficient (Wildman–Crippen LogP) is 0.753. The molecule has 0 aliphatic carbocycles. The van der Waals surface area contributed by atoms with Crippen LogP contribution in [-0.4, -0.2) is 33.0 Å². The van der Waals surface area contributed by atoms with Crippen LogP contribution in [-0.2, 0) is 14.3 Å². The van der Waals surface area contributed by atoms with Gasteiger partial charge in [-0.3, -0.25) is 0 Å². The summed E-state index contributed by atoms with van der Waals surface area (Å²) in [5.74, 6) is -0.541. The molecule has 5 nitrogen and oxygen atoms in total. The standard InChI is InChI=1S/C11H14N2O3/c1-15-7-8-3-4-13-10(5-8)9(6-12)11(14)16-2/h3-6,12-13H,7H2,1-2H3/b10-9+,12-6?. The summed E-state index contributed by atoms with van der Waals surface area (Å²) >= 11 is 0. The van der Waals surface area contributed by atoms with Crippen LogP contribution in [0.25, 0.3) is 0 Å². The summed E-state index contributed by atoms with van der Waals surface area (Å²) in [5, 5.41) is 10.1. The first-order valence-corrected chi connectivity index (χ1v) is 4.68. The number of hydrogen-bond acceptors (Lipinski definition) is 5. The Balaban J connectivity index is 3.02.